The Labute approximate surface area is 105 Å². The monoisotopic (exact) mass is 240 g/mol. The van der Waals surface area contributed by atoms with Crippen molar-refractivity contribution in [3.63, 3.8) is 0 Å². The highest BCUT2D eigenvalue weighted by atomic mass is 16.6. The predicted octanol–water partition coefficient (Wildman–Crippen LogP) is 2.38. The molecule has 4 heteroatoms. The summed E-state index contributed by atoms with van der Waals surface area (Å²) in [7, 11) is 0. The van der Waals surface area contributed by atoms with Gasteiger partial charge in [0.2, 0.25) is 0 Å². The number of pyridine rings is 1. The molecular weight excluding hydrogens is 228 g/mol. The molecule has 1 aromatic carbocycles. The molecule has 3 rings (SSSR count). The van der Waals surface area contributed by atoms with Gasteiger partial charge in [-0.15, -0.1) is 0 Å². The number of nitrogens with zero attached hydrogens (tertiary/aromatic N) is 2. The van der Waals surface area contributed by atoms with Gasteiger partial charge in [0.05, 0.1) is 23.7 Å². The van der Waals surface area contributed by atoms with Gasteiger partial charge in [-0.25, -0.2) is 0 Å². The van der Waals surface area contributed by atoms with E-state index in [4.69, 9.17) is 14.7 Å². The summed E-state index contributed by atoms with van der Waals surface area (Å²) < 4.78 is 11.1. The number of rotatable bonds is 1. The molecule has 0 aliphatic carbocycles. The molecule has 0 bridgehead atoms. The summed E-state index contributed by atoms with van der Waals surface area (Å²) in [5, 5.41) is 9.79. The standard InChI is InChI=1S/C14H12N2O2/c1-9-6-10-7-13-14(18-5-4-17-13)8-12(10)16-11(9)2-3-15/h6-8H,2,4-5H2,1H3. The minimum Gasteiger partial charge on any atom is -0.486 e. The molecule has 0 N–H and O–H groups in total. The summed E-state index contributed by atoms with van der Waals surface area (Å²) in [4.78, 5) is 4.51. The van der Waals surface area contributed by atoms with E-state index in [9.17, 15) is 0 Å². The van der Waals surface area contributed by atoms with Crippen LogP contribution in [0.2, 0.25) is 0 Å². The highest BCUT2D eigenvalue weighted by Crippen LogP contribution is 2.34. The second-order valence-electron chi connectivity index (χ2n) is 4.28. The summed E-state index contributed by atoms with van der Waals surface area (Å²) in [6, 6.07) is 7.99. The first kappa shape index (κ1) is 10.8. The first-order chi connectivity index (χ1) is 8.78. The molecule has 2 heterocycles. The van der Waals surface area contributed by atoms with Gasteiger partial charge in [0.25, 0.3) is 0 Å². The molecule has 0 radical (unpaired) electrons. The number of ether oxygens (including phenoxy) is 2. The zero-order chi connectivity index (χ0) is 12.5. The third-order valence-corrected chi connectivity index (χ3v) is 3.02. The van der Waals surface area contributed by atoms with Crippen LogP contribution in [0.25, 0.3) is 10.9 Å². The van der Waals surface area contributed by atoms with Crippen LogP contribution in [0, 0.1) is 18.3 Å². The Morgan fingerprint density at radius 1 is 1.22 bits per heavy atom. The van der Waals surface area contributed by atoms with Crippen LogP contribution in [-0.2, 0) is 6.42 Å². The molecular formula is C14H12N2O2. The van der Waals surface area contributed by atoms with Crippen LogP contribution < -0.4 is 9.47 Å². The minimum atomic E-state index is 0.330. The van der Waals surface area contributed by atoms with Gasteiger partial charge in [0.15, 0.2) is 11.5 Å². The quantitative estimate of drug-likeness (QED) is 0.768. The van der Waals surface area contributed by atoms with E-state index in [1.807, 2.05) is 25.1 Å². The van der Waals surface area contributed by atoms with Crippen LogP contribution in [0.5, 0.6) is 11.5 Å². The van der Waals surface area contributed by atoms with Crippen molar-refractivity contribution in [3.05, 3.63) is 29.5 Å². The SMILES string of the molecule is Cc1cc2cc3c(cc2nc1CC#N)OCCO3. The Kier molecular flexibility index (Phi) is 2.52. The summed E-state index contributed by atoms with van der Waals surface area (Å²) in [5.41, 5.74) is 2.69. The first-order valence-electron chi connectivity index (χ1n) is 5.85. The van der Waals surface area contributed by atoms with E-state index in [-0.39, 0.29) is 0 Å². The van der Waals surface area contributed by atoms with E-state index in [0.29, 0.717) is 19.6 Å². The van der Waals surface area contributed by atoms with Crippen LogP contribution in [-0.4, -0.2) is 18.2 Å². The Balaban J connectivity index is 2.19. The summed E-state index contributed by atoms with van der Waals surface area (Å²) in [6.07, 6.45) is 0.330. The second kappa shape index (κ2) is 4.19. The third-order valence-electron chi connectivity index (χ3n) is 3.02. The normalized spacial score (nSPS) is 13.3. The molecule has 0 saturated carbocycles. The fourth-order valence-corrected chi connectivity index (χ4v) is 2.11. The highest BCUT2D eigenvalue weighted by Gasteiger charge is 2.14. The summed E-state index contributed by atoms with van der Waals surface area (Å²) in [6.45, 7) is 3.11. The van der Waals surface area contributed by atoms with Gasteiger partial charge in [-0.3, -0.25) is 4.98 Å². The lowest BCUT2D eigenvalue weighted by atomic mass is 10.1. The van der Waals surface area contributed by atoms with Gasteiger partial charge in [-0.05, 0) is 24.6 Å². The zero-order valence-corrected chi connectivity index (χ0v) is 10.1. The van der Waals surface area contributed by atoms with Gasteiger partial charge in [-0.1, -0.05) is 0 Å². The van der Waals surface area contributed by atoms with Crippen molar-refractivity contribution in [3.8, 4) is 17.6 Å². The number of hydrogen-bond donors (Lipinski definition) is 0. The number of aromatic nitrogens is 1. The molecule has 90 valence electrons. The molecule has 2 aromatic rings. The van der Waals surface area contributed by atoms with E-state index in [2.05, 4.69) is 11.1 Å². The van der Waals surface area contributed by atoms with E-state index in [1.54, 1.807) is 0 Å². The van der Waals surface area contributed by atoms with Crippen LogP contribution in [0.15, 0.2) is 18.2 Å². The molecule has 0 amide bonds. The predicted molar refractivity (Wildman–Crippen MR) is 66.8 cm³/mol. The topological polar surface area (TPSA) is 55.1 Å². The van der Waals surface area contributed by atoms with Crippen molar-refractivity contribution in [2.75, 3.05) is 13.2 Å². The van der Waals surface area contributed by atoms with Crippen molar-refractivity contribution in [1.82, 2.24) is 4.98 Å². The van der Waals surface area contributed by atoms with Gasteiger partial charge in [0, 0.05) is 11.5 Å². The molecule has 1 aliphatic rings. The Morgan fingerprint density at radius 2 is 1.94 bits per heavy atom. The van der Waals surface area contributed by atoms with Crippen LogP contribution >= 0.6 is 0 Å². The average Bonchev–Trinajstić information content (AvgIpc) is 2.38. The third kappa shape index (κ3) is 1.74. The van der Waals surface area contributed by atoms with Gasteiger partial charge < -0.3 is 9.47 Å². The Hall–Kier alpha value is -2.28. The van der Waals surface area contributed by atoms with E-state index < -0.39 is 0 Å². The van der Waals surface area contributed by atoms with Crippen molar-refractivity contribution in [2.45, 2.75) is 13.3 Å². The molecule has 0 spiro atoms. The highest BCUT2D eigenvalue weighted by molar-refractivity contribution is 5.83. The molecule has 0 atom stereocenters. The smallest absolute Gasteiger partial charge is 0.163 e. The fraction of sp³-hybridized carbons (Fsp3) is 0.286. The Bertz CT molecular complexity index is 659. The lowest BCUT2D eigenvalue weighted by Crippen LogP contribution is -2.15. The largest absolute Gasteiger partial charge is 0.486 e. The summed E-state index contributed by atoms with van der Waals surface area (Å²) >= 11 is 0. The molecule has 4 nitrogen and oxygen atoms in total. The first-order valence-corrected chi connectivity index (χ1v) is 5.85. The van der Waals surface area contributed by atoms with E-state index >= 15 is 0 Å². The molecule has 0 fully saturated rings. The van der Waals surface area contributed by atoms with Crippen LogP contribution in [0.4, 0.5) is 0 Å². The van der Waals surface area contributed by atoms with Crippen molar-refractivity contribution in [2.24, 2.45) is 0 Å². The van der Waals surface area contributed by atoms with Crippen LogP contribution in [0.1, 0.15) is 11.3 Å². The lowest BCUT2D eigenvalue weighted by Gasteiger charge is -2.19. The van der Waals surface area contributed by atoms with Crippen molar-refractivity contribution >= 4 is 10.9 Å². The van der Waals surface area contributed by atoms with Gasteiger partial charge >= 0.3 is 0 Å². The van der Waals surface area contributed by atoms with Crippen molar-refractivity contribution in [1.29, 1.82) is 5.26 Å². The average molecular weight is 240 g/mol. The fourth-order valence-electron chi connectivity index (χ4n) is 2.11. The number of hydrogen-bond acceptors (Lipinski definition) is 4. The number of nitriles is 1. The maximum absolute atomic E-state index is 8.77. The van der Waals surface area contributed by atoms with E-state index in [0.717, 1.165) is 33.7 Å². The second-order valence-corrected chi connectivity index (χ2v) is 4.28. The molecule has 0 saturated heterocycles. The lowest BCUT2D eigenvalue weighted by molar-refractivity contribution is 0.172. The molecule has 18 heavy (non-hydrogen) atoms. The molecule has 0 unspecified atom stereocenters. The van der Waals surface area contributed by atoms with Gasteiger partial charge in [-0.2, -0.15) is 5.26 Å². The molecule has 1 aromatic heterocycles. The molecule has 1 aliphatic heterocycles. The Morgan fingerprint density at radius 3 is 2.67 bits per heavy atom. The van der Waals surface area contributed by atoms with Crippen LogP contribution in [0.3, 0.4) is 0 Å². The summed E-state index contributed by atoms with van der Waals surface area (Å²) in [5.74, 6) is 1.50. The number of fused-ring (bicyclic) bond motifs is 2. The number of aryl methyl sites for hydroxylation is 1. The maximum atomic E-state index is 8.77. The van der Waals surface area contributed by atoms with Crippen molar-refractivity contribution < 1.29 is 9.47 Å². The van der Waals surface area contributed by atoms with E-state index in [1.165, 1.54) is 0 Å². The zero-order valence-electron chi connectivity index (χ0n) is 10.1. The minimum absolute atomic E-state index is 0.330. The van der Waals surface area contributed by atoms with Gasteiger partial charge in [0.1, 0.15) is 13.2 Å². The number of benzene rings is 1. The maximum Gasteiger partial charge on any atom is 0.163 e.